The molecule has 0 saturated heterocycles. The van der Waals surface area contributed by atoms with Gasteiger partial charge in [-0.25, -0.2) is 4.98 Å². The van der Waals surface area contributed by atoms with Crippen LogP contribution in [0.1, 0.15) is 5.56 Å². The second-order valence-electron chi connectivity index (χ2n) is 3.04. The maximum Gasteiger partial charge on any atom is 0.183 e. The molecule has 0 fully saturated rings. The van der Waals surface area contributed by atoms with Gasteiger partial charge in [0, 0.05) is 10.2 Å². The Balaban J connectivity index is 2.08. The van der Waals surface area contributed by atoms with Crippen LogP contribution in [0.4, 0.5) is 0 Å². The minimum atomic E-state index is 0.812. The third kappa shape index (κ3) is 2.76. The molecule has 1 aromatic carbocycles. The van der Waals surface area contributed by atoms with E-state index in [1.165, 1.54) is 11.9 Å². The first-order chi connectivity index (χ1) is 7.79. The van der Waals surface area contributed by atoms with Crippen LogP contribution >= 0.6 is 27.7 Å². The predicted molar refractivity (Wildman–Crippen MR) is 66.6 cm³/mol. The van der Waals surface area contributed by atoms with Crippen LogP contribution in [-0.2, 0) is 5.75 Å². The number of nitrogens with zero attached hydrogens (tertiary/aromatic N) is 2. The Morgan fingerprint density at radius 2 is 2.38 bits per heavy atom. The molecule has 0 amide bonds. The Morgan fingerprint density at radius 3 is 3.06 bits per heavy atom. The van der Waals surface area contributed by atoms with Crippen molar-refractivity contribution in [2.24, 2.45) is 0 Å². The first-order valence-electron chi connectivity index (χ1n) is 4.60. The van der Waals surface area contributed by atoms with E-state index in [9.17, 15) is 0 Å². The van der Waals surface area contributed by atoms with Crippen LogP contribution in [0.15, 0.2) is 34.2 Å². The summed E-state index contributed by atoms with van der Waals surface area (Å²) in [5.74, 6) is 1.67. The predicted octanol–water partition coefficient (Wildman–Crippen LogP) is 2.87. The van der Waals surface area contributed by atoms with Crippen molar-refractivity contribution in [3.8, 4) is 5.75 Å². The Morgan fingerprint density at radius 1 is 1.50 bits per heavy atom. The molecular formula is C10H10BrN3OS. The molecule has 84 valence electrons. The number of nitrogens with one attached hydrogen (secondary N) is 1. The highest BCUT2D eigenvalue weighted by atomic mass is 79.9. The van der Waals surface area contributed by atoms with Gasteiger partial charge in [-0.3, -0.25) is 5.10 Å². The Hall–Kier alpha value is -1.01. The number of hydrogen-bond donors (Lipinski definition) is 1. The van der Waals surface area contributed by atoms with E-state index < -0.39 is 0 Å². The third-order valence-electron chi connectivity index (χ3n) is 2.01. The fourth-order valence-electron chi connectivity index (χ4n) is 1.20. The van der Waals surface area contributed by atoms with Crippen molar-refractivity contribution in [1.82, 2.24) is 15.2 Å². The van der Waals surface area contributed by atoms with Crippen LogP contribution in [0.3, 0.4) is 0 Å². The molecule has 2 aromatic rings. The molecule has 0 aliphatic rings. The van der Waals surface area contributed by atoms with Gasteiger partial charge in [0.2, 0.25) is 0 Å². The summed E-state index contributed by atoms with van der Waals surface area (Å²) in [6, 6.07) is 5.91. The van der Waals surface area contributed by atoms with Gasteiger partial charge >= 0.3 is 0 Å². The van der Waals surface area contributed by atoms with Crippen molar-refractivity contribution in [2.45, 2.75) is 10.9 Å². The van der Waals surface area contributed by atoms with Gasteiger partial charge in [-0.2, -0.15) is 5.10 Å². The topological polar surface area (TPSA) is 50.8 Å². The molecule has 0 aliphatic heterocycles. The zero-order valence-corrected chi connectivity index (χ0v) is 11.0. The highest BCUT2D eigenvalue weighted by molar-refractivity contribution is 9.10. The summed E-state index contributed by atoms with van der Waals surface area (Å²) >= 11 is 5.11. The molecule has 2 rings (SSSR count). The lowest BCUT2D eigenvalue weighted by molar-refractivity contribution is 0.414. The lowest BCUT2D eigenvalue weighted by Gasteiger charge is -2.05. The summed E-state index contributed by atoms with van der Waals surface area (Å²) in [7, 11) is 1.66. The van der Waals surface area contributed by atoms with Gasteiger partial charge in [0.15, 0.2) is 5.16 Å². The smallest absolute Gasteiger partial charge is 0.183 e. The standard InChI is InChI=1S/C10H10BrN3OS/c1-15-8-2-3-9(11)7(4-8)5-16-10-12-6-13-14-10/h2-4,6H,5H2,1H3,(H,12,13,14). The van der Waals surface area contributed by atoms with Gasteiger partial charge in [0.1, 0.15) is 12.1 Å². The number of rotatable bonds is 4. The summed E-state index contributed by atoms with van der Waals surface area (Å²) in [6.07, 6.45) is 1.50. The first-order valence-corrected chi connectivity index (χ1v) is 6.38. The number of methoxy groups -OCH3 is 1. The number of hydrogen-bond acceptors (Lipinski definition) is 4. The zero-order valence-electron chi connectivity index (χ0n) is 8.61. The maximum absolute atomic E-state index is 5.18. The monoisotopic (exact) mass is 299 g/mol. The molecule has 16 heavy (non-hydrogen) atoms. The summed E-state index contributed by atoms with van der Waals surface area (Å²) in [5, 5.41) is 7.42. The van der Waals surface area contributed by atoms with E-state index in [1.54, 1.807) is 18.9 Å². The molecule has 1 heterocycles. The first kappa shape index (κ1) is 11.5. The average Bonchev–Trinajstić information content (AvgIpc) is 2.81. The second-order valence-corrected chi connectivity index (χ2v) is 4.86. The fourth-order valence-corrected chi connectivity index (χ4v) is 2.54. The van der Waals surface area contributed by atoms with Gasteiger partial charge in [-0.1, -0.05) is 27.7 Å². The van der Waals surface area contributed by atoms with Crippen LogP contribution in [0.25, 0.3) is 0 Å². The van der Waals surface area contributed by atoms with E-state index in [-0.39, 0.29) is 0 Å². The zero-order chi connectivity index (χ0) is 11.4. The number of halogens is 1. The molecular weight excluding hydrogens is 290 g/mol. The molecule has 0 spiro atoms. The SMILES string of the molecule is COc1ccc(Br)c(CSc2ncn[nH]2)c1. The van der Waals surface area contributed by atoms with Gasteiger partial charge in [0.25, 0.3) is 0 Å². The molecule has 0 atom stereocenters. The van der Waals surface area contributed by atoms with Crippen molar-refractivity contribution in [3.05, 3.63) is 34.6 Å². The number of aromatic nitrogens is 3. The third-order valence-corrected chi connectivity index (χ3v) is 3.71. The van der Waals surface area contributed by atoms with Crippen LogP contribution in [0.2, 0.25) is 0 Å². The van der Waals surface area contributed by atoms with E-state index in [0.717, 1.165) is 21.1 Å². The number of thioether (sulfide) groups is 1. The Bertz CT molecular complexity index is 461. The summed E-state index contributed by atoms with van der Waals surface area (Å²) in [5.41, 5.74) is 1.17. The van der Waals surface area contributed by atoms with Crippen LogP contribution in [-0.4, -0.2) is 22.3 Å². The average molecular weight is 300 g/mol. The molecule has 0 bridgehead atoms. The largest absolute Gasteiger partial charge is 0.497 e. The minimum absolute atomic E-state index is 0.812. The summed E-state index contributed by atoms with van der Waals surface area (Å²) in [4.78, 5) is 4.05. The molecule has 0 saturated carbocycles. The van der Waals surface area contributed by atoms with E-state index in [0.29, 0.717) is 0 Å². The van der Waals surface area contributed by atoms with Crippen molar-refractivity contribution in [2.75, 3.05) is 7.11 Å². The van der Waals surface area contributed by atoms with Crippen molar-refractivity contribution >= 4 is 27.7 Å². The van der Waals surface area contributed by atoms with Gasteiger partial charge < -0.3 is 4.74 Å². The Kier molecular flexibility index (Phi) is 3.84. The maximum atomic E-state index is 5.18. The number of benzene rings is 1. The van der Waals surface area contributed by atoms with Crippen molar-refractivity contribution < 1.29 is 4.74 Å². The number of aromatic amines is 1. The summed E-state index contributed by atoms with van der Waals surface area (Å²) < 4.78 is 6.25. The highest BCUT2D eigenvalue weighted by Gasteiger charge is 2.04. The minimum Gasteiger partial charge on any atom is -0.497 e. The van der Waals surface area contributed by atoms with Gasteiger partial charge in [0.05, 0.1) is 7.11 Å². The normalized spacial score (nSPS) is 10.4. The molecule has 0 aliphatic carbocycles. The van der Waals surface area contributed by atoms with Gasteiger partial charge in [-0.15, -0.1) is 0 Å². The molecule has 4 nitrogen and oxygen atoms in total. The Labute approximate surface area is 106 Å². The lowest BCUT2D eigenvalue weighted by atomic mass is 10.2. The van der Waals surface area contributed by atoms with E-state index in [4.69, 9.17) is 4.74 Å². The quantitative estimate of drug-likeness (QED) is 0.882. The van der Waals surface area contributed by atoms with E-state index in [1.807, 2.05) is 18.2 Å². The molecule has 0 radical (unpaired) electrons. The second kappa shape index (κ2) is 5.36. The number of ether oxygens (including phenoxy) is 1. The van der Waals surface area contributed by atoms with E-state index >= 15 is 0 Å². The van der Waals surface area contributed by atoms with Crippen LogP contribution in [0.5, 0.6) is 5.75 Å². The van der Waals surface area contributed by atoms with Crippen molar-refractivity contribution in [1.29, 1.82) is 0 Å². The molecule has 1 N–H and O–H groups in total. The molecule has 6 heteroatoms. The van der Waals surface area contributed by atoms with Crippen molar-refractivity contribution in [3.63, 3.8) is 0 Å². The summed E-state index contributed by atoms with van der Waals surface area (Å²) in [6.45, 7) is 0. The fraction of sp³-hybridized carbons (Fsp3) is 0.200. The van der Waals surface area contributed by atoms with Crippen LogP contribution < -0.4 is 4.74 Å². The number of H-pyrrole nitrogens is 1. The van der Waals surface area contributed by atoms with Crippen LogP contribution in [0, 0.1) is 0 Å². The van der Waals surface area contributed by atoms with Gasteiger partial charge in [-0.05, 0) is 23.8 Å². The van der Waals surface area contributed by atoms with E-state index in [2.05, 4.69) is 31.1 Å². The molecule has 1 aromatic heterocycles. The highest BCUT2D eigenvalue weighted by Crippen LogP contribution is 2.27. The molecule has 0 unspecified atom stereocenters. The lowest BCUT2D eigenvalue weighted by Crippen LogP contribution is -1.88.